The van der Waals surface area contributed by atoms with Gasteiger partial charge in [-0.2, -0.15) is 0 Å². The summed E-state index contributed by atoms with van der Waals surface area (Å²) in [7, 11) is 0. The summed E-state index contributed by atoms with van der Waals surface area (Å²) >= 11 is 0. The minimum Gasteiger partial charge on any atom is -0.443 e. The number of hydrogen-bond acceptors (Lipinski definition) is 5. The highest BCUT2D eigenvalue weighted by molar-refractivity contribution is 5.76. The Morgan fingerprint density at radius 2 is 1.06 bits per heavy atom. The van der Waals surface area contributed by atoms with Crippen molar-refractivity contribution in [2.45, 2.75) is 31.7 Å². The number of para-hydroxylation sites is 1. The summed E-state index contributed by atoms with van der Waals surface area (Å²) in [5, 5.41) is 2.92. The van der Waals surface area contributed by atoms with E-state index in [-0.39, 0.29) is 25.3 Å². The van der Waals surface area contributed by atoms with Crippen LogP contribution in [0.5, 0.6) is 0 Å². The van der Waals surface area contributed by atoms with Gasteiger partial charge in [0, 0.05) is 18.8 Å². The van der Waals surface area contributed by atoms with Crippen LogP contribution in [0.3, 0.4) is 0 Å². The van der Waals surface area contributed by atoms with E-state index in [0.717, 1.165) is 16.8 Å². The molecule has 2 bridgehead atoms. The lowest BCUT2D eigenvalue weighted by atomic mass is 10.0. The number of hydrazine groups is 1. The Hall–Kier alpha value is -4.00. The number of rotatable bonds is 5. The first-order valence-corrected chi connectivity index (χ1v) is 11.5. The molecule has 0 spiro atoms. The van der Waals surface area contributed by atoms with Crippen molar-refractivity contribution in [1.82, 2.24) is 10.0 Å². The molecule has 7 nitrogen and oxygen atoms in total. The van der Waals surface area contributed by atoms with Crippen LogP contribution in [0.15, 0.2) is 91.0 Å². The van der Waals surface area contributed by atoms with Gasteiger partial charge < -0.3 is 14.4 Å². The van der Waals surface area contributed by atoms with Gasteiger partial charge in [0.25, 0.3) is 0 Å². The van der Waals surface area contributed by atoms with Crippen molar-refractivity contribution in [3.8, 4) is 0 Å². The Balaban J connectivity index is 1.34. The quantitative estimate of drug-likeness (QED) is 0.549. The van der Waals surface area contributed by atoms with Crippen molar-refractivity contribution in [1.29, 1.82) is 0 Å². The van der Waals surface area contributed by atoms with Gasteiger partial charge in [-0.05, 0) is 29.7 Å². The van der Waals surface area contributed by atoms with Crippen molar-refractivity contribution < 1.29 is 19.1 Å². The Labute approximate surface area is 199 Å². The van der Waals surface area contributed by atoms with Gasteiger partial charge in [-0.15, -0.1) is 0 Å². The van der Waals surface area contributed by atoms with E-state index in [4.69, 9.17) is 9.47 Å². The molecular weight excluding hydrogens is 430 g/mol. The third-order valence-corrected chi connectivity index (χ3v) is 6.24. The third-order valence-electron chi connectivity index (χ3n) is 6.24. The molecule has 2 amide bonds. The van der Waals surface area contributed by atoms with Gasteiger partial charge in [-0.3, -0.25) is 0 Å². The van der Waals surface area contributed by atoms with E-state index in [2.05, 4.69) is 4.90 Å². The average molecular weight is 458 g/mol. The molecule has 7 heteroatoms. The number of ether oxygens (including phenoxy) is 2. The van der Waals surface area contributed by atoms with Crippen LogP contribution in [0, 0.1) is 0 Å². The van der Waals surface area contributed by atoms with E-state index in [1.54, 1.807) is 0 Å². The third kappa shape index (κ3) is 4.69. The first kappa shape index (κ1) is 21.8. The molecule has 2 aliphatic rings. The fraction of sp³-hybridized carbons (Fsp3) is 0.259. The molecule has 0 N–H and O–H groups in total. The molecule has 2 saturated heterocycles. The molecule has 2 aliphatic heterocycles. The van der Waals surface area contributed by atoms with E-state index >= 15 is 0 Å². The van der Waals surface area contributed by atoms with Crippen LogP contribution >= 0.6 is 0 Å². The molecule has 2 unspecified atom stereocenters. The highest BCUT2D eigenvalue weighted by Gasteiger charge is 2.50. The molecule has 2 atom stereocenters. The van der Waals surface area contributed by atoms with Gasteiger partial charge in [-0.1, -0.05) is 78.9 Å². The van der Waals surface area contributed by atoms with Gasteiger partial charge in [0.15, 0.2) is 0 Å². The monoisotopic (exact) mass is 457 g/mol. The van der Waals surface area contributed by atoms with E-state index in [1.165, 1.54) is 10.0 Å². The van der Waals surface area contributed by atoms with E-state index < -0.39 is 12.2 Å². The van der Waals surface area contributed by atoms with Crippen LogP contribution in [-0.2, 0) is 22.7 Å². The van der Waals surface area contributed by atoms with Crippen LogP contribution in [0.1, 0.15) is 17.5 Å². The van der Waals surface area contributed by atoms with Crippen molar-refractivity contribution in [3.05, 3.63) is 102 Å². The summed E-state index contributed by atoms with van der Waals surface area (Å²) in [5.74, 6) is 0. The molecular formula is C27H27N3O4. The summed E-state index contributed by atoms with van der Waals surface area (Å²) in [4.78, 5) is 28.7. The first-order chi connectivity index (χ1) is 16.7. The Bertz CT molecular complexity index is 1040. The number of hydrogen-bond donors (Lipinski definition) is 0. The summed E-state index contributed by atoms with van der Waals surface area (Å²) in [6.07, 6.45) is -0.393. The molecule has 2 heterocycles. The maximum atomic E-state index is 13.2. The SMILES string of the molecule is O=C(OCc1ccccc1)N1C2CC(CN(c3ccccc3)C2)N1C(=O)OCc1ccccc1. The van der Waals surface area contributed by atoms with Crippen LogP contribution in [-0.4, -0.2) is 47.4 Å². The van der Waals surface area contributed by atoms with Crippen molar-refractivity contribution in [2.75, 3.05) is 18.0 Å². The Kier molecular flexibility index (Phi) is 6.33. The molecule has 0 saturated carbocycles. The predicted molar refractivity (Wildman–Crippen MR) is 128 cm³/mol. The van der Waals surface area contributed by atoms with Gasteiger partial charge in [-0.25, -0.2) is 19.6 Å². The maximum absolute atomic E-state index is 13.2. The molecule has 5 rings (SSSR count). The summed E-state index contributed by atoms with van der Waals surface area (Å²) in [6.45, 7) is 1.51. The highest BCUT2D eigenvalue weighted by Crippen LogP contribution is 2.34. The topological polar surface area (TPSA) is 62.3 Å². The van der Waals surface area contributed by atoms with Gasteiger partial charge in [0.05, 0.1) is 12.1 Å². The lowest BCUT2D eigenvalue weighted by molar-refractivity contribution is -0.0199. The van der Waals surface area contributed by atoms with Crippen LogP contribution in [0.2, 0.25) is 0 Å². The molecule has 0 radical (unpaired) electrons. The molecule has 3 aromatic carbocycles. The number of benzene rings is 3. The molecule has 174 valence electrons. The number of amides is 2. The van der Waals surface area contributed by atoms with E-state index in [9.17, 15) is 9.59 Å². The summed E-state index contributed by atoms with van der Waals surface area (Å²) in [6, 6.07) is 28.7. The normalized spacial score (nSPS) is 19.1. The van der Waals surface area contributed by atoms with Gasteiger partial charge in [0.1, 0.15) is 13.2 Å². The van der Waals surface area contributed by atoms with Crippen molar-refractivity contribution in [2.24, 2.45) is 0 Å². The molecule has 34 heavy (non-hydrogen) atoms. The standard InChI is InChI=1S/C27H27N3O4/c31-26(33-19-21-10-4-1-5-11-21)29-24-16-25(18-28(17-24)23-14-8-3-9-15-23)30(29)27(32)34-20-22-12-6-2-7-13-22/h1-15,24-25H,16-20H2. The van der Waals surface area contributed by atoms with Gasteiger partial charge >= 0.3 is 12.2 Å². The second-order valence-electron chi connectivity index (χ2n) is 8.55. The van der Waals surface area contributed by atoms with Crippen molar-refractivity contribution >= 4 is 17.9 Å². The lowest BCUT2D eigenvalue weighted by Crippen LogP contribution is -2.50. The summed E-state index contributed by atoms with van der Waals surface area (Å²) < 4.78 is 11.2. The zero-order chi connectivity index (χ0) is 23.3. The largest absolute Gasteiger partial charge is 0.443 e. The second kappa shape index (κ2) is 9.87. The number of piperidine rings is 1. The van der Waals surface area contributed by atoms with Crippen LogP contribution < -0.4 is 4.90 Å². The number of carbonyl (C=O) groups excluding carboxylic acids is 2. The maximum Gasteiger partial charge on any atom is 0.429 e. The minimum atomic E-state index is -0.539. The second-order valence-corrected chi connectivity index (χ2v) is 8.55. The Morgan fingerprint density at radius 1 is 0.647 bits per heavy atom. The van der Waals surface area contributed by atoms with Crippen molar-refractivity contribution in [3.63, 3.8) is 0 Å². The van der Waals surface area contributed by atoms with E-state index in [0.29, 0.717) is 19.5 Å². The number of carbonyl (C=O) groups is 2. The fourth-order valence-corrected chi connectivity index (χ4v) is 4.65. The van der Waals surface area contributed by atoms with Crippen LogP contribution in [0.25, 0.3) is 0 Å². The predicted octanol–water partition coefficient (Wildman–Crippen LogP) is 4.84. The fourth-order valence-electron chi connectivity index (χ4n) is 4.65. The van der Waals surface area contributed by atoms with Gasteiger partial charge in [0.2, 0.25) is 0 Å². The molecule has 0 aromatic heterocycles. The minimum absolute atomic E-state index is 0.142. The summed E-state index contributed by atoms with van der Waals surface area (Å²) in [5.41, 5.74) is 2.85. The highest BCUT2D eigenvalue weighted by atomic mass is 16.6. The Morgan fingerprint density at radius 3 is 1.50 bits per heavy atom. The molecule has 3 aromatic rings. The zero-order valence-electron chi connectivity index (χ0n) is 18.8. The number of fused-ring (bicyclic) bond motifs is 2. The molecule has 2 fully saturated rings. The zero-order valence-corrected chi connectivity index (χ0v) is 18.8. The lowest BCUT2D eigenvalue weighted by Gasteiger charge is -2.32. The number of anilines is 1. The first-order valence-electron chi connectivity index (χ1n) is 11.5. The van der Waals surface area contributed by atoms with Crippen LogP contribution in [0.4, 0.5) is 15.3 Å². The molecule has 0 aliphatic carbocycles. The smallest absolute Gasteiger partial charge is 0.429 e. The van der Waals surface area contributed by atoms with E-state index in [1.807, 2.05) is 91.0 Å². The number of nitrogens with zero attached hydrogens (tertiary/aromatic N) is 3. The average Bonchev–Trinajstić information content (AvgIpc) is 3.17.